The van der Waals surface area contributed by atoms with Crippen LogP contribution in [0.2, 0.25) is 0 Å². The molecule has 3 rings (SSSR count). The van der Waals surface area contributed by atoms with E-state index < -0.39 is 0 Å². The van der Waals surface area contributed by atoms with Crippen molar-refractivity contribution in [3.8, 4) is 0 Å². The Bertz CT molecular complexity index is 517. The summed E-state index contributed by atoms with van der Waals surface area (Å²) in [5.74, 6) is 0.0315. The van der Waals surface area contributed by atoms with E-state index in [1.54, 1.807) is 12.4 Å². The van der Waals surface area contributed by atoms with Crippen LogP contribution in [0.3, 0.4) is 0 Å². The molecule has 132 valence electrons. The molecule has 24 heavy (non-hydrogen) atoms. The number of piperidine rings is 2. The third-order valence-corrected chi connectivity index (χ3v) is 5.07. The lowest BCUT2D eigenvalue weighted by atomic mass is 10.00. The van der Waals surface area contributed by atoms with Crippen LogP contribution in [0.25, 0.3) is 0 Å². The lowest BCUT2D eigenvalue weighted by molar-refractivity contribution is -0.118. The number of amides is 1. The van der Waals surface area contributed by atoms with Gasteiger partial charge < -0.3 is 15.3 Å². The maximum atomic E-state index is 12.3. The lowest BCUT2D eigenvalue weighted by Gasteiger charge is -2.40. The molecule has 1 aromatic rings. The monoisotopic (exact) mass is 332 g/mol. The van der Waals surface area contributed by atoms with Crippen LogP contribution in [0, 0.1) is 0 Å². The van der Waals surface area contributed by atoms with Gasteiger partial charge in [-0.2, -0.15) is 0 Å². The highest BCUT2D eigenvalue weighted by Gasteiger charge is 2.27. The lowest BCUT2D eigenvalue weighted by Crippen LogP contribution is -2.50. The maximum Gasteiger partial charge on any atom is 0.238 e. The molecule has 1 amide bonds. The van der Waals surface area contributed by atoms with Gasteiger partial charge in [0, 0.05) is 31.9 Å². The Labute approximate surface area is 143 Å². The minimum absolute atomic E-state index is 0.0315. The summed E-state index contributed by atoms with van der Waals surface area (Å²) in [6.45, 7) is 4.37. The standard InChI is InChI=1S/C18H28N4O2/c23-17-6-10-21(11-7-17)13-16-5-1-2-9-22(16)14-18(24)20-15-4-3-8-19-12-15/h3-4,8,12,16-17,23H,1-2,5-7,9-11,13-14H2,(H,20,24)/t16-/m1/s1. The van der Waals surface area contributed by atoms with E-state index in [1.807, 2.05) is 12.1 Å². The Morgan fingerprint density at radius 2 is 2.08 bits per heavy atom. The molecule has 2 fully saturated rings. The first kappa shape index (κ1) is 17.3. The largest absolute Gasteiger partial charge is 0.393 e. The number of hydrogen-bond donors (Lipinski definition) is 2. The fourth-order valence-electron chi connectivity index (χ4n) is 3.70. The summed E-state index contributed by atoms with van der Waals surface area (Å²) in [5.41, 5.74) is 0.751. The van der Waals surface area contributed by atoms with Crippen LogP contribution in [-0.4, -0.2) is 70.7 Å². The zero-order chi connectivity index (χ0) is 16.8. The van der Waals surface area contributed by atoms with Crippen molar-refractivity contribution in [1.82, 2.24) is 14.8 Å². The average molecular weight is 332 g/mol. The van der Waals surface area contributed by atoms with Gasteiger partial charge >= 0.3 is 0 Å². The predicted octanol–water partition coefficient (Wildman–Crippen LogP) is 1.33. The number of pyridine rings is 1. The molecule has 0 aliphatic carbocycles. The van der Waals surface area contributed by atoms with E-state index in [2.05, 4.69) is 20.1 Å². The van der Waals surface area contributed by atoms with Crippen LogP contribution in [0.4, 0.5) is 5.69 Å². The second kappa shape index (κ2) is 8.55. The van der Waals surface area contributed by atoms with Gasteiger partial charge in [-0.1, -0.05) is 6.42 Å². The number of nitrogens with zero attached hydrogens (tertiary/aromatic N) is 3. The van der Waals surface area contributed by atoms with Crippen LogP contribution >= 0.6 is 0 Å². The normalized spacial score (nSPS) is 24.0. The van der Waals surface area contributed by atoms with Gasteiger partial charge in [0.1, 0.15) is 0 Å². The molecule has 2 N–H and O–H groups in total. The van der Waals surface area contributed by atoms with E-state index in [-0.39, 0.29) is 12.0 Å². The van der Waals surface area contributed by atoms with Crippen LogP contribution in [0.15, 0.2) is 24.5 Å². The van der Waals surface area contributed by atoms with E-state index in [1.165, 1.54) is 6.42 Å². The van der Waals surface area contributed by atoms with Gasteiger partial charge in [-0.3, -0.25) is 14.7 Å². The van der Waals surface area contributed by atoms with E-state index in [0.29, 0.717) is 12.6 Å². The molecule has 3 heterocycles. The second-order valence-electron chi connectivity index (χ2n) is 6.94. The highest BCUT2D eigenvalue weighted by Crippen LogP contribution is 2.20. The number of aliphatic hydroxyl groups is 1. The van der Waals surface area contributed by atoms with Gasteiger partial charge in [-0.25, -0.2) is 0 Å². The highest BCUT2D eigenvalue weighted by molar-refractivity contribution is 5.92. The number of aromatic nitrogens is 1. The molecular formula is C18H28N4O2. The Morgan fingerprint density at radius 1 is 1.25 bits per heavy atom. The maximum absolute atomic E-state index is 12.3. The molecule has 0 aromatic carbocycles. The number of nitrogens with one attached hydrogen (secondary N) is 1. The molecule has 1 aromatic heterocycles. The van der Waals surface area contributed by atoms with Crippen molar-refractivity contribution >= 4 is 11.6 Å². The molecule has 2 aliphatic heterocycles. The second-order valence-corrected chi connectivity index (χ2v) is 6.94. The molecule has 1 atom stereocenters. The smallest absolute Gasteiger partial charge is 0.238 e. The van der Waals surface area contributed by atoms with Gasteiger partial charge in [0.05, 0.1) is 24.5 Å². The minimum atomic E-state index is -0.131. The first-order valence-electron chi connectivity index (χ1n) is 9.05. The van der Waals surface area contributed by atoms with Crippen LogP contribution in [0.1, 0.15) is 32.1 Å². The average Bonchev–Trinajstić information content (AvgIpc) is 2.59. The summed E-state index contributed by atoms with van der Waals surface area (Å²) in [7, 11) is 0. The number of anilines is 1. The van der Waals surface area contributed by atoms with Gasteiger partial charge in [-0.05, 0) is 44.4 Å². The SMILES string of the molecule is O=C(CN1CCCC[C@@H]1CN1CCC(O)CC1)Nc1cccnc1. The molecule has 0 spiro atoms. The molecule has 0 bridgehead atoms. The number of hydrogen-bond acceptors (Lipinski definition) is 5. The van der Waals surface area contributed by atoms with E-state index in [0.717, 1.165) is 57.5 Å². The Morgan fingerprint density at radius 3 is 2.83 bits per heavy atom. The van der Waals surface area contributed by atoms with Crippen molar-refractivity contribution in [3.05, 3.63) is 24.5 Å². The minimum Gasteiger partial charge on any atom is -0.393 e. The number of carbonyl (C=O) groups excluding carboxylic acids is 1. The summed E-state index contributed by atoms with van der Waals surface area (Å²) in [6, 6.07) is 4.12. The van der Waals surface area contributed by atoms with Crippen LogP contribution in [-0.2, 0) is 4.79 Å². The number of carbonyl (C=O) groups is 1. The fourth-order valence-corrected chi connectivity index (χ4v) is 3.70. The third-order valence-electron chi connectivity index (χ3n) is 5.07. The van der Waals surface area contributed by atoms with Crippen LogP contribution < -0.4 is 5.32 Å². The first-order valence-corrected chi connectivity index (χ1v) is 9.05. The molecule has 0 radical (unpaired) electrons. The number of rotatable bonds is 5. The topological polar surface area (TPSA) is 68.7 Å². The Kier molecular flexibility index (Phi) is 6.18. The van der Waals surface area contributed by atoms with E-state index in [9.17, 15) is 9.90 Å². The molecule has 2 aliphatic rings. The summed E-state index contributed by atoms with van der Waals surface area (Å²) in [5, 5.41) is 12.6. The predicted molar refractivity (Wildman–Crippen MR) is 93.8 cm³/mol. The van der Waals surface area contributed by atoms with E-state index in [4.69, 9.17) is 0 Å². The summed E-state index contributed by atoms with van der Waals surface area (Å²) in [6.07, 6.45) is 8.53. The molecule has 6 nitrogen and oxygen atoms in total. The van der Waals surface area contributed by atoms with Gasteiger partial charge in [-0.15, -0.1) is 0 Å². The number of likely N-dealkylation sites (tertiary alicyclic amines) is 2. The van der Waals surface area contributed by atoms with Gasteiger partial charge in [0.2, 0.25) is 5.91 Å². The molecule has 0 saturated carbocycles. The first-order chi connectivity index (χ1) is 11.7. The van der Waals surface area contributed by atoms with E-state index >= 15 is 0 Å². The summed E-state index contributed by atoms with van der Waals surface area (Å²) < 4.78 is 0. The van der Waals surface area contributed by atoms with Crippen molar-refractivity contribution in [1.29, 1.82) is 0 Å². The van der Waals surface area contributed by atoms with Crippen LogP contribution in [0.5, 0.6) is 0 Å². The number of aliphatic hydroxyl groups excluding tert-OH is 1. The van der Waals surface area contributed by atoms with Gasteiger partial charge in [0.25, 0.3) is 0 Å². The molecule has 2 saturated heterocycles. The zero-order valence-corrected chi connectivity index (χ0v) is 14.2. The molecule has 0 unspecified atom stereocenters. The van der Waals surface area contributed by atoms with Crippen molar-refractivity contribution < 1.29 is 9.90 Å². The highest BCUT2D eigenvalue weighted by atomic mass is 16.3. The third kappa shape index (κ3) is 5.00. The van der Waals surface area contributed by atoms with Gasteiger partial charge in [0.15, 0.2) is 0 Å². The van der Waals surface area contributed by atoms with Crippen molar-refractivity contribution in [3.63, 3.8) is 0 Å². The van der Waals surface area contributed by atoms with Crippen molar-refractivity contribution in [2.75, 3.05) is 38.0 Å². The van der Waals surface area contributed by atoms with Crippen molar-refractivity contribution in [2.45, 2.75) is 44.2 Å². The zero-order valence-electron chi connectivity index (χ0n) is 14.2. The summed E-state index contributed by atoms with van der Waals surface area (Å²) in [4.78, 5) is 21.1. The Balaban J connectivity index is 1.51. The fraction of sp³-hybridized carbons (Fsp3) is 0.667. The summed E-state index contributed by atoms with van der Waals surface area (Å²) >= 11 is 0. The quantitative estimate of drug-likeness (QED) is 0.851. The molecule has 6 heteroatoms. The molecular weight excluding hydrogens is 304 g/mol. The van der Waals surface area contributed by atoms with Crippen molar-refractivity contribution in [2.24, 2.45) is 0 Å². The Hall–Kier alpha value is -1.50.